The number of H-pyrrole nitrogens is 1. The number of rotatable bonds is 8. The fourth-order valence-corrected chi connectivity index (χ4v) is 4.59. The van der Waals surface area contributed by atoms with E-state index in [2.05, 4.69) is 47.9 Å². The van der Waals surface area contributed by atoms with Crippen molar-refractivity contribution in [2.24, 2.45) is 0 Å². The molecule has 3 aromatic rings. The zero-order valence-corrected chi connectivity index (χ0v) is 19.5. The smallest absolute Gasteiger partial charge is 0.231 e. The normalized spacial score (nSPS) is 17.3. The van der Waals surface area contributed by atoms with Crippen LogP contribution < -0.4 is 20.7 Å². The Hall–Kier alpha value is -3.39. The molecule has 0 aliphatic carbocycles. The summed E-state index contributed by atoms with van der Waals surface area (Å²) in [5.74, 6) is 1.72. The number of nitrogens with zero attached hydrogens (tertiary/aromatic N) is 4. The minimum absolute atomic E-state index is 0.413. The van der Waals surface area contributed by atoms with Crippen molar-refractivity contribution in [3.63, 3.8) is 0 Å². The molecule has 4 N–H and O–H groups in total. The van der Waals surface area contributed by atoms with Gasteiger partial charge in [0.15, 0.2) is 0 Å². The second kappa shape index (κ2) is 9.85. The Morgan fingerprint density at radius 3 is 2.76 bits per heavy atom. The summed E-state index contributed by atoms with van der Waals surface area (Å²) in [7, 11) is 3.43. The van der Waals surface area contributed by atoms with Gasteiger partial charge in [-0.2, -0.15) is 15.2 Å². The van der Waals surface area contributed by atoms with Crippen LogP contribution in [0.4, 0.5) is 17.5 Å². The summed E-state index contributed by atoms with van der Waals surface area (Å²) in [5, 5.41) is 20.0. The minimum atomic E-state index is 0.413. The SMILES string of the molecule is CNc1nc(Nc2ccc(CNC3CCN(C4COC4)CC3)cc2OC)nc2[nH]cc(C#N)c12. The lowest BCUT2D eigenvalue weighted by molar-refractivity contribution is -0.0719. The Balaban J connectivity index is 1.24. The van der Waals surface area contributed by atoms with E-state index in [1.165, 1.54) is 0 Å². The van der Waals surface area contributed by atoms with Crippen molar-refractivity contribution in [2.45, 2.75) is 31.5 Å². The van der Waals surface area contributed by atoms with Gasteiger partial charge in [0.2, 0.25) is 5.95 Å². The maximum Gasteiger partial charge on any atom is 0.231 e. The van der Waals surface area contributed by atoms with Gasteiger partial charge >= 0.3 is 0 Å². The van der Waals surface area contributed by atoms with Gasteiger partial charge in [-0.1, -0.05) is 6.07 Å². The predicted molar refractivity (Wildman–Crippen MR) is 130 cm³/mol. The lowest BCUT2D eigenvalue weighted by atomic mass is 10.0. The highest BCUT2D eigenvalue weighted by Gasteiger charge is 2.29. The molecule has 2 saturated heterocycles. The molecule has 0 amide bonds. The first-order valence-corrected chi connectivity index (χ1v) is 11.6. The molecule has 0 radical (unpaired) electrons. The molecule has 2 aliphatic heterocycles. The van der Waals surface area contributed by atoms with Gasteiger partial charge < -0.3 is 30.4 Å². The molecule has 2 fully saturated rings. The van der Waals surface area contributed by atoms with Crippen LogP contribution in [0.3, 0.4) is 0 Å². The standard InChI is InChI=1S/C24H30N8O2/c1-26-22-21-16(10-25)12-28-23(21)31-24(30-22)29-19-4-3-15(9-20(19)33-2)11-27-17-5-7-32(8-6-17)18-13-34-14-18/h3-4,9,12,17-18,27H,5-8,11,13-14H2,1-2H3,(H3,26,28,29,30,31). The Kier molecular flexibility index (Phi) is 6.49. The molecule has 1 aromatic carbocycles. The number of hydrogen-bond donors (Lipinski definition) is 4. The van der Waals surface area contributed by atoms with Gasteiger partial charge in [-0.05, 0) is 30.5 Å². The number of likely N-dealkylation sites (tertiary alicyclic amines) is 1. The van der Waals surface area contributed by atoms with Crippen LogP contribution in [-0.4, -0.2) is 72.4 Å². The van der Waals surface area contributed by atoms with E-state index in [4.69, 9.17) is 9.47 Å². The van der Waals surface area contributed by atoms with Crippen molar-refractivity contribution in [2.75, 3.05) is 51.1 Å². The lowest BCUT2D eigenvalue weighted by Crippen LogP contribution is -2.53. The van der Waals surface area contributed by atoms with Gasteiger partial charge in [0.1, 0.15) is 23.3 Å². The van der Waals surface area contributed by atoms with Crippen LogP contribution in [0.15, 0.2) is 24.4 Å². The summed E-state index contributed by atoms with van der Waals surface area (Å²) in [5.41, 5.74) is 3.03. The highest BCUT2D eigenvalue weighted by molar-refractivity contribution is 5.93. The molecule has 10 heteroatoms. The molecule has 34 heavy (non-hydrogen) atoms. The number of hydrogen-bond acceptors (Lipinski definition) is 9. The Bertz CT molecular complexity index is 1190. The number of methoxy groups -OCH3 is 1. The van der Waals surface area contributed by atoms with Crippen molar-refractivity contribution in [3.05, 3.63) is 35.5 Å². The van der Waals surface area contributed by atoms with E-state index in [-0.39, 0.29) is 0 Å². The number of fused-ring (bicyclic) bond motifs is 1. The number of aromatic nitrogens is 3. The number of aromatic amines is 1. The summed E-state index contributed by atoms with van der Waals surface area (Å²) in [6.07, 6.45) is 3.96. The van der Waals surface area contributed by atoms with Crippen LogP contribution in [-0.2, 0) is 11.3 Å². The van der Waals surface area contributed by atoms with Crippen LogP contribution >= 0.6 is 0 Å². The zero-order chi connectivity index (χ0) is 23.5. The van der Waals surface area contributed by atoms with E-state index in [0.29, 0.717) is 40.4 Å². The monoisotopic (exact) mass is 462 g/mol. The first kappa shape index (κ1) is 22.4. The topological polar surface area (TPSA) is 123 Å². The Morgan fingerprint density at radius 2 is 2.09 bits per heavy atom. The quantitative estimate of drug-likeness (QED) is 0.400. The molecule has 0 saturated carbocycles. The molecule has 4 heterocycles. The molecule has 0 atom stereocenters. The second-order valence-corrected chi connectivity index (χ2v) is 8.73. The summed E-state index contributed by atoms with van der Waals surface area (Å²) in [6.45, 7) is 4.83. The van der Waals surface area contributed by atoms with E-state index < -0.39 is 0 Å². The molecule has 178 valence electrons. The van der Waals surface area contributed by atoms with Crippen molar-refractivity contribution >= 4 is 28.5 Å². The third kappa shape index (κ3) is 4.50. The maximum absolute atomic E-state index is 9.32. The summed E-state index contributed by atoms with van der Waals surface area (Å²) in [6, 6.07) is 9.42. The average Bonchev–Trinajstić information content (AvgIpc) is 3.26. The zero-order valence-electron chi connectivity index (χ0n) is 19.5. The van der Waals surface area contributed by atoms with Crippen LogP contribution in [0.25, 0.3) is 11.0 Å². The molecule has 2 aliphatic rings. The number of nitrogens with one attached hydrogen (secondary N) is 4. The van der Waals surface area contributed by atoms with Gasteiger partial charge in [-0.3, -0.25) is 4.90 Å². The predicted octanol–water partition coefficient (Wildman–Crippen LogP) is 2.58. The summed E-state index contributed by atoms with van der Waals surface area (Å²) >= 11 is 0. The van der Waals surface area contributed by atoms with Gasteiger partial charge in [-0.15, -0.1) is 0 Å². The molecule has 0 unspecified atom stereocenters. The highest BCUT2D eigenvalue weighted by Crippen LogP contribution is 2.30. The number of piperidine rings is 1. The summed E-state index contributed by atoms with van der Waals surface area (Å²) < 4.78 is 11.0. The molecular weight excluding hydrogens is 432 g/mol. The fourth-order valence-electron chi connectivity index (χ4n) is 4.59. The average molecular weight is 463 g/mol. The van der Waals surface area contributed by atoms with Crippen molar-refractivity contribution in [3.8, 4) is 11.8 Å². The van der Waals surface area contributed by atoms with Crippen molar-refractivity contribution in [1.29, 1.82) is 5.26 Å². The molecular formula is C24H30N8O2. The second-order valence-electron chi connectivity index (χ2n) is 8.73. The molecule has 5 rings (SSSR count). The van der Waals surface area contributed by atoms with E-state index in [1.807, 2.05) is 12.1 Å². The first-order valence-electron chi connectivity index (χ1n) is 11.6. The Morgan fingerprint density at radius 1 is 1.26 bits per heavy atom. The Labute approximate surface area is 198 Å². The third-order valence-corrected chi connectivity index (χ3v) is 6.66. The number of ether oxygens (including phenoxy) is 2. The lowest BCUT2D eigenvalue weighted by Gasteiger charge is -2.41. The third-order valence-electron chi connectivity index (χ3n) is 6.66. The van der Waals surface area contributed by atoms with Crippen LogP contribution in [0.1, 0.15) is 24.0 Å². The van der Waals surface area contributed by atoms with Crippen LogP contribution in [0.2, 0.25) is 0 Å². The summed E-state index contributed by atoms with van der Waals surface area (Å²) in [4.78, 5) is 14.7. The van der Waals surface area contributed by atoms with E-state index in [0.717, 1.165) is 62.7 Å². The molecule has 0 spiro atoms. The first-order chi connectivity index (χ1) is 16.7. The largest absolute Gasteiger partial charge is 0.495 e. The van der Waals surface area contributed by atoms with Crippen molar-refractivity contribution in [1.82, 2.24) is 25.2 Å². The molecule has 0 bridgehead atoms. The number of anilines is 3. The van der Waals surface area contributed by atoms with Crippen LogP contribution in [0, 0.1) is 11.3 Å². The van der Waals surface area contributed by atoms with Crippen LogP contribution in [0.5, 0.6) is 5.75 Å². The molecule has 10 nitrogen and oxygen atoms in total. The van der Waals surface area contributed by atoms with Crippen molar-refractivity contribution < 1.29 is 9.47 Å². The van der Waals surface area contributed by atoms with Gasteiger partial charge in [0.05, 0.1) is 43.0 Å². The van der Waals surface area contributed by atoms with E-state index in [9.17, 15) is 5.26 Å². The van der Waals surface area contributed by atoms with Gasteiger partial charge in [-0.25, -0.2) is 0 Å². The fraction of sp³-hybridized carbons (Fsp3) is 0.458. The maximum atomic E-state index is 9.32. The van der Waals surface area contributed by atoms with E-state index in [1.54, 1.807) is 20.4 Å². The number of benzene rings is 1. The van der Waals surface area contributed by atoms with Gasteiger partial charge in [0.25, 0.3) is 0 Å². The minimum Gasteiger partial charge on any atom is -0.495 e. The highest BCUT2D eigenvalue weighted by atomic mass is 16.5. The van der Waals surface area contributed by atoms with E-state index >= 15 is 0 Å². The number of nitriles is 1. The van der Waals surface area contributed by atoms with Gasteiger partial charge in [0, 0.05) is 38.9 Å². The molecule has 2 aromatic heterocycles.